The van der Waals surface area contributed by atoms with Crippen LogP contribution < -0.4 is 11.1 Å². The number of hydrogen-bond donors (Lipinski definition) is 3. The maximum atomic E-state index is 12.1. The van der Waals surface area contributed by atoms with E-state index in [9.17, 15) is 4.79 Å². The molecule has 3 rings (SSSR count). The van der Waals surface area contributed by atoms with Crippen LogP contribution in [-0.4, -0.2) is 16.0 Å². The van der Waals surface area contributed by atoms with Gasteiger partial charge in [0.25, 0.3) is 5.91 Å². The second-order valence-corrected chi connectivity index (χ2v) is 4.18. The predicted molar refractivity (Wildman–Crippen MR) is 70.4 cm³/mol. The minimum Gasteiger partial charge on any atom is -0.399 e. The molecule has 0 atom stereocenters. The minimum absolute atomic E-state index is 0.181. The van der Waals surface area contributed by atoms with Gasteiger partial charge in [0.2, 0.25) is 0 Å². The number of nitrogens with zero attached hydrogens (tertiary/aromatic N) is 1. The van der Waals surface area contributed by atoms with E-state index in [0.29, 0.717) is 23.5 Å². The quantitative estimate of drug-likeness (QED) is 0.621. The molecule has 0 saturated carbocycles. The number of aromatic nitrogens is 2. The first-order valence-electron chi connectivity index (χ1n) is 5.78. The van der Waals surface area contributed by atoms with Gasteiger partial charge in [0, 0.05) is 28.9 Å². The maximum absolute atomic E-state index is 12.1. The summed E-state index contributed by atoms with van der Waals surface area (Å²) in [5, 5.41) is 7.31. The molecule has 19 heavy (non-hydrogen) atoms. The second kappa shape index (κ2) is 4.49. The van der Waals surface area contributed by atoms with Crippen molar-refractivity contribution in [3.8, 4) is 0 Å². The molecule has 0 aliphatic heterocycles. The number of nitrogens with two attached hydrogens (primary N) is 1. The summed E-state index contributed by atoms with van der Waals surface area (Å²) in [5.41, 5.74) is 8.47. The first-order valence-corrected chi connectivity index (χ1v) is 5.78. The van der Waals surface area contributed by atoms with Crippen LogP contribution in [0.25, 0.3) is 10.9 Å². The topological polar surface area (TPSA) is 96.9 Å². The zero-order valence-corrected chi connectivity index (χ0v) is 10.0. The number of H-pyrrole nitrogens is 1. The summed E-state index contributed by atoms with van der Waals surface area (Å²) in [6.07, 6.45) is 3.14. The van der Waals surface area contributed by atoms with Crippen molar-refractivity contribution in [3.63, 3.8) is 0 Å². The van der Waals surface area contributed by atoms with Gasteiger partial charge in [-0.3, -0.25) is 4.79 Å². The Labute approximate surface area is 108 Å². The molecule has 0 spiro atoms. The van der Waals surface area contributed by atoms with Gasteiger partial charge in [-0.2, -0.15) is 0 Å². The number of rotatable bonds is 3. The van der Waals surface area contributed by atoms with E-state index in [1.165, 1.54) is 6.26 Å². The smallest absolute Gasteiger partial charge is 0.253 e. The van der Waals surface area contributed by atoms with E-state index in [0.717, 1.165) is 10.9 Å². The molecule has 96 valence electrons. The molecular formula is C13H12N4O2. The van der Waals surface area contributed by atoms with Crippen molar-refractivity contribution >= 4 is 22.5 Å². The first-order chi connectivity index (χ1) is 9.24. The largest absolute Gasteiger partial charge is 0.399 e. The Morgan fingerprint density at radius 2 is 2.32 bits per heavy atom. The molecule has 2 aromatic heterocycles. The van der Waals surface area contributed by atoms with Gasteiger partial charge in [0.05, 0.1) is 12.1 Å². The Morgan fingerprint density at radius 1 is 1.42 bits per heavy atom. The first kappa shape index (κ1) is 11.3. The minimum atomic E-state index is -0.181. The molecule has 2 heterocycles. The van der Waals surface area contributed by atoms with Crippen LogP contribution in [0.2, 0.25) is 0 Å². The number of carbonyl (C=O) groups is 1. The number of carbonyl (C=O) groups excluding carboxylic acids is 1. The van der Waals surface area contributed by atoms with E-state index in [-0.39, 0.29) is 5.91 Å². The molecule has 0 aliphatic carbocycles. The Kier molecular flexibility index (Phi) is 2.68. The third-order valence-electron chi connectivity index (χ3n) is 2.87. The third-order valence-corrected chi connectivity index (χ3v) is 2.87. The molecule has 6 nitrogen and oxygen atoms in total. The van der Waals surface area contributed by atoms with Crippen LogP contribution in [0.5, 0.6) is 0 Å². The fourth-order valence-corrected chi connectivity index (χ4v) is 1.92. The standard InChI is InChI=1S/C13H12N4O2/c14-8-1-2-12-10(5-8)11(7-15-12)13(18)16-6-9-3-4-19-17-9/h1-5,7,15H,6,14H2,(H,16,18). The van der Waals surface area contributed by atoms with Crippen LogP contribution in [0.4, 0.5) is 5.69 Å². The van der Waals surface area contributed by atoms with Crippen LogP contribution in [0.15, 0.2) is 41.2 Å². The summed E-state index contributed by atoms with van der Waals surface area (Å²) in [5.74, 6) is -0.181. The van der Waals surface area contributed by atoms with Crippen LogP contribution in [0.3, 0.4) is 0 Å². The van der Waals surface area contributed by atoms with Crippen molar-refractivity contribution in [1.29, 1.82) is 0 Å². The van der Waals surface area contributed by atoms with Crippen molar-refractivity contribution in [2.45, 2.75) is 6.54 Å². The summed E-state index contributed by atoms with van der Waals surface area (Å²) >= 11 is 0. The normalized spacial score (nSPS) is 10.7. The average molecular weight is 256 g/mol. The molecule has 0 radical (unpaired) electrons. The van der Waals surface area contributed by atoms with Gasteiger partial charge >= 0.3 is 0 Å². The Hall–Kier alpha value is -2.76. The molecule has 1 aromatic carbocycles. The van der Waals surface area contributed by atoms with Crippen molar-refractivity contribution in [2.75, 3.05) is 5.73 Å². The SMILES string of the molecule is Nc1ccc2[nH]cc(C(=O)NCc3ccon3)c2c1. The number of anilines is 1. The van der Waals surface area contributed by atoms with E-state index in [2.05, 4.69) is 15.5 Å². The summed E-state index contributed by atoms with van der Waals surface area (Å²) in [4.78, 5) is 15.1. The molecule has 3 aromatic rings. The molecular weight excluding hydrogens is 244 g/mol. The third kappa shape index (κ3) is 2.15. The highest BCUT2D eigenvalue weighted by Crippen LogP contribution is 2.20. The number of nitrogen functional groups attached to an aromatic ring is 1. The Bertz CT molecular complexity index is 715. The molecule has 0 bridgehead atoms. The molecule has 4 N–H and O–H groups in total. The zero-order chi connectivity index (χ0) is 13.2. The molecule has 0 fully saturated rings. The van der Waals surface area contributed by atoms with Crippen LogP contribution in [0, 0.1) is 0 Å². The lowest BCUT2D eigenvalue weighted by Gasteiger charge is -2.02. The van der Waals surface area contributed by atoms with Gasteiger partial charge < -0.3 is 20.6 Å². The maximum Gasteiger partial charge on any atom is 0.253 e. The number of hydrogen-bond acceptors (Lipinski definition) is 4. The lowest BCUT2D eigenvalue weighted by Crippen LogP contribution is -2.22. The Balaban J connectivity index is 1.83. The lowest BCUT2D eigenvalue weighted by molar-refractivity contribution is 0.0952. The number of fused-ring (bicyclic) bond motifs is 1. The second-order valence-electron chi connectivity index (χ2n) is 4.18. The number of nitrogens with one attached hydrogen (secondary N) is 2. The fourth-order valence-electron chi connectivity index (χ4n) is 1.92. The van der Waals surface area contributed by atoms with Crippen molar-refractivity contribution in [3.05, 3.63) is 48.0 Å². The summed E-state index contributed by atoms with van der Waals surface area (Å²) < 4.78 is 4.70. The van der Waals surface area contributed by atoms with Gasteiger partial charge in [-0.05, 0) is 18.2 Å². The highest BCUT2D eigenvalue weighted by molar-refractivity contribution is 6.07. The number of benzene rings is 1. The highest BCUT2D eigenvalue weighted by Gasteiger charge is 2.12. The predicted octanol–water partition coefficient (Wildman–Crippen LogP) is 1.67. The van der Waals surface area contributed by atoms with Crippen LogP contribution in [0.1, 0.15) is 16.1 Å². The van der Waals surface area contributed by atoms with Gasteiger partial charge in [-0.25, -0.2) is 0 Å². The van der Waals surface area contributed by atoms with E-state index >= 15 is 0 Å². The fraction of sp³-hybridized carbons (Fsp3) is 0.0769. The van der Waals surface area contributed by atoms with Crippen molar-refractivity contribution in [1.82, 2.24) is 15.5 Å². The molecule has 1 amide bonds. The average Bonchev–Trinajstić information content (AvgIpc) is 3.04. The van der Waals surface area contributed by atoms with E-state index in [1.807, 2.05) is 6.07 Å². The van der Waals surface area contributed by atoms with Gasteiger partial charge in [0.1, 0.15) is 12.0 Å². The lowest BCUT2D eigenvalue weighted by atomic mass is 10.1. The zero-order valence-electron chi connectivity index (χ0n) is 10.0. The summed E-state index contributed by atoms with van der Waals surface area (Å²) in [7, 11) is 0. The number of aromatic amines is 1. The molecule has 0 aliphatic rings. The Morgan fingerprint density at radius 3 is 3.11 bits per heavy atom. The van der Waals surface area contributed by atoms with Gasteiger partial charge in [0.15, 0.2) is 0 Å². The molecule has 0 saturated heterocycles. The van der Waals surface area contributed by atoms with E-state index < -0.39 is 0 Å². The van der Waals surface area contributed by atoms with Crippen LogP contribution >= 0.6 is 0 Å². The van der Waals surface area contributed by atoms with Gasteiger partial charge in [-0.15, -0.1) is 0 Å². The van der Waals surface area contributed by atoms with E-state index in [1.54, 1.807) is 24.4 Å². The number of amides is 1. The van der Waals surface area contributed by atoms with Gasteiger partial charge in [-0.1, -0.05) is 5.16 Å². The van der Waals surface area contributed by atoms with Crippen molar-refractivity contribution < 1.29 is 9.32 Å². The highest BCUT2D eigenvalue weighted by atomic mass is 16.5. The molecule has 0 unspecified atom stereocenters. The van der Waals surface area contributed by atoms with Crippen LogP contribution in [-0.2, 0) is 6.54 Å². The monoisotopic (exact) mass is 256 g/mol. The molecule has 6 heteroatoms. The summed E-state index contributed by atoms with van der Waals surface area (Å²) in [6, 6.07) is 7.11. The van der Waals surface area contributed by atoms with Crippen molar-refractivity contribution in [2.24, 2.45) is 0 Å². The van der Waals surface area contributed by atoms with E-state index in [4.69, 9.17) is 10.3 Å². The summed E-state index contributed by atoms with van der Waals surface area (Å²) in [6.45, 7) is 0.324.